The molecular formula is C15H14BrClO2. The zero-order valence-corrected chi connectivity index (χ0v) is 12.9. The molecule has 100 valence electrons. The van der Waals surface area contributed by atoms with E-state index in [1.807, 2.05) is 42.5 Å². The summed E-state index contributed by atoms with van der Waals surface area (Å²) in [4.78, 5) is 0. The highest BCUT2D eigenvalue weighted by Gasteiger charge is 2.06. The molecule has 0 aliphatic heterocycles. The van der Waals surface area contributed by atoms with Crippen molar-refractivity contribution in [2.45, 2.75) is 11.9 Å². The van der Waals surface area contributed by atoms with Crippen molar-refractivity contribution in [3.8, 4) is 11.5 Å². The lowest BCUT2D eigenvalue weighted by molar-refractivity contribution is 0.303. The average Bonchev–Trinajstić information content (AvgIpc) is 2.46. The van der Waals surface area contributed by atoms with Crippen molar-refractivity contribution in [2.75, 3.05) is 7.11 Å². The Kier molecular flexibility index (Phi) is 5.11. The summed E-state index contributed by atoms with van der Waals surface area (Å²) in [5.74, 6) is 1.65. The second-order valence-corrected chi connectivity index (χ2v) is 4.96. The van der Waals surface area contributed by atoms with Crippen LogP contribution in [0, 0.1) is 0 Å². The fourth-order valence-corrected chi connectivity index (χ4v) is 2.33. The summed E-state index contributed by atoms with van der Waals surface area (Å²) in [5.41, 5.74) is 2.02. The van der Waals surface area contributed by atoms with Crippen LogP contribution >= 0.6 is 27.5 Å². The van der Waals surface area contributed by atoms with E-state index in [2.05, 4.69) is 15.9 Å². The molecule has 2 aromatic carbocycles. The SMILES string of the molecule is COc1ccc(OCc2ccccc2Cl)c(CBr)c1. The number of methoxy groups -OCH3 is 1. The van der Waals surface area contributed by atoms with Crippen LogP contribution in [0.3, 0.4) is 0 Å². The third-order valence-electron chi connectivity index (χ3n) is 2.75. The molecule has 0 amide bonds. The Bertz CT molecular complexity index is 558. The lowest BCUT2D eigenvalue weighted by atomic mass is 10.2. The van der Waals surface area contributed by atoms with Crippen LogP contribution in [0.25, 0.3) is 0 Å². The van der Waals surface area contributed by atoms with Crippen molar-refractivity contribution in [3.05, 3.63) is 58.6 Å². The average molecular weight is 342 g/mol. The zero-order valence-electron chi connectivity index (χ0n) is 10.5. The second-order valence-electron chi connectivity index (χ2n) is 3.99. The van der Waals surface area contributed by atoms with Crippen molar-refractivity contribution >= 4 is 27.5 Å². The van der Waals surface area contributed by atoms with Crippen molar-refractivity contribution < 1.29 is 9.47 Å². The predicted molar refractivity (Wildman–Crippen MR) is 81.4 cm³/mol. The molecule has 0 fully saturated rings. The Morgan fingerprint density at radius 2 is 1.89 bits per heavy atom. The first-order valence-electron chi connectivity index (χ1n) is 5.83. The Morgan fingerprint density at radius 1 is 1.11 bits per heavy atom. The molecule has 0 aromatic heterocycles. The fourth-order valence-electron chi connectivity index (χ4n) is 1.70. The number of ether oxygens (including phenoxy) is 2. The van der Waals surface area contributed by atoms with Gasteiger partial charge < -0.3 is 9.47 Å². The maximum Gasteiger partial charge on any atom is 0.124 e. The molecule has 0 unspecified atom stereocenters. The van der Waals surface area contributed by atoms with E-state index in [4.69, 9.17) is 21.1 Å². The maximum absolute atomic E-state index is 6.10. The van der Waals surface area contributed by atoms with Crippen LogP contribution in [0.4, 0.5) is 0 Å². The lowest BCUT2D eigenvalue weighted by Gasteiger charge is -2.12. The van der Waals surface area contributed by atoms with Gasteiger partial charge in [-0.3, -0.25) is 0 Å². The highest BCUT2D eigenvalue weighted by atomic mass is 79.9. The Morgan fingerprint density at radius 3 is 2.58 bits per heavy atom. The lowest BCUT2D eigenvalue weighted by Crippen LogP contribution is -1.99. The minimum absolute atomic E-state index is 0.450. The van der Waals surface area contributed by atoms with E-state index in [0.29, 0.717) is 11.9 Å². The van der Waals surface area contributed by atoms with E-state index < -0.39 is 0 Å². The number of hydrogen-bond donors (Lipinski definition) is 0. The first kappa shape index (κ1) is 14.2. The van der Waals surface area contributed by atoms with Gasteiger partial charge in [-0.2, -0.15) is 0 Å². The molecule has 0 saturated carbocycles. The van der Waals surface area contributed by atoms with Crippen LogP contribution in [-0.2, 0) is 11.9 Å². The van der Waals surface area contributed by atoms with Crippen LogP contribution in [0.2, 0.25) is 5.02 Å². The van der Waals surface area contributed by atoms with Crippen LogP contribution in [-0.4, -0.2) is 7.11 Å². The smallest absolute Gasteiger partial charge is 0.124 e. The van der Waals surface area contributed by atoms with Gasteiger partial charge >= 0.3 is 0 Å². The summed E-state index contributed by atoms with van der Waals surface area (Å²) in [5, 5.41) is 1.43. The summed E-state index contributed by atoms with van der Waals surface area (Å²) >= 11 is 9.55. The van der Waals surface area contributed by atoms with E-state index in [1.165, 1.54) is 0 Å². The molecule has 2 aromatic rings. The van der Waals surface area contributed by atoms with E-state index in [9.17, 15) is 0 Å². The van der Waals surface area contributed by atoms with Gasteiger partial charge in [0.25, 0.3) is 0 Å². The molecule has 0 heterocycles. The van der Waals surface area contributed by atoms with Crippen LogP contribution < -0.4 is 9.47 Å². The molecule has 19 heavy (non-hydrogen) atoms. The highest BCUT2D eigenvalue weighted by molar-refractivity contribution is 9.08. The Hall–Kier alpha value is -1.19. The topological polar surface area (TPSA) is 18.5 Å². The van der Waals surface area contributed by atoms with Crippen molar-refractivity contribution in [1.82, 2.24) is 0 Å². The van der Waals surface area contributed by atoms with Crippen LogP contribution in [0.1, 0.15) is 11.1 Å². The molecule has 2 nitrogen and oxygen atoms in total. The summed E-state index contributed by atoms with van der Waals surface area (Å²) < 4.78 is 11.0. The number of hydrogen-bond acceptors (Lipinski definition) is 2. The first-order valence-corrected chi connectivity index (χ1v) is 7.33. The number of halogens is 2. The van der Waals surface area contributed by atoms with E-state index >= 15 is 0 Å². The molecule has 2 rings (SSSR count). The second kappa shape index (κ2) is 6.83. The van der Waals surface area contributed by atoms with Gasteiger partial charge in [-0.05, 0) is 24.3 Å². The Labute approximate surface area is 126 Å². The zero-order chi connectivity index (χ0) is 13.7. The molecule has 0 bridgehead atoms. The van der Waals surface area contributed by atoms with Gasteiger partial charge in [0.2, 0.25) is 0 Å². The van der Waals surface area contributed by atoms with Gasteiger partial charge in [0.15, 0.2) is 0 Å². The maximum atomic E-state index is 6.10. The minimum Gasteiger partial charge on any atom is -0.497 e. The fraction of sp³-hybridized carbons (Fsp3) is 0.200. The van der Waals surface area contributed by atoms with Gasteiger partial charge in [-0.1, -0.05) is 45.7 Å². The summed E-state index contributed by atoms with van der Waals surface area (Å²) in [7, 11) is 1.65. The molecule has 0 aliphatic rings. The first-order chi connectivity index (χ1) is 9.24. The largest absolute Gasteiger partial charge is 0.497 e. The highest BCUT2D eigenvalue weighted by Crippen LogP contribution is 2.27. The quantitative estimate of drug-likeness (QED) is 0.726. The molecule has 4 heteroatoms. The third-order valence-corrected chi connectivity index (χ3v) is 3.73. The van der Waals surface area contributed by atoms with Crippen molar-refractivity contribution in [1.29, 1.82) is 0 Å². The van der Waals surface area contributed by atoms with Crippen LogP contribution in [0.15, 0.2) is 42.5 Å². The third kappa shape index (κ3) is 3.64. The van der Waals surface area contributed by atoms with Gasteiger partial charge in [-0.15, -0.1) is 0 Å². The number of alkyl halides is 1. The Balaban J connectivity index is 2.13. The van der Waals surface area contributed by atoms with E-state index in [0.717, 1.165) is 27.6 Å². The van der Waals surface area contributed by atoms with Gasteiger partial charge in [0.05, 0.1) is 7.11 Å². The van der Waals surface area contributed by atoms with Crippen molar-refractivity contribution in [2.24, 2.45) is 0 Å². The number of rotatable bonds is 5. The van der Waals surface area contributed by atoms with E-state index in [-0.39, 0.29) is 0 Å². The molecule has 0 atom stereocenters. The molecule has 0 spiro atoms. The van der Waals surface area contributed by atoms with Gasteiger partial charge in [-0.25, -0.2) is 0 Å². The molecule has 0 radical (unpaired) electrons. The normalized spacial score (nSPS) is 10.3. The van der Waals surface area contributed by atoms with Crippen LogP contribution in [0.5, 0.6) is 11.5 Å². The minimum atomic E-state index is 0.450. The summed E-state index contributed by atoms with van der Waals surface area (Å²) in [6.45, 7) is 0.450. The van der Waals surface area contributed by atoms with Gasteiger partial charge in [0, 0.05) is 21.5 Å². The molecular weight excluding hydrogens is 328 g/mol. The monoisotopic (exact) mass is 340 g/mol. The van der Waals surface area contributed by atoms with E-state index in [1.54, 1.807) is 7.11 Å². The standard InChI is InChI=1S/C15H14BrClO2/c1-18-13-6-7-15(12(8-13)9-16)19-10-11-4-2-3-5-14(11)17/h2-8H,9-10H2,1H3. The number of benzene rings is 2. The summed E-state index contributed by atoms with van der Waals surface area (Å²) in [6, 6.07) is 13.4. The summed E-state index contributed by atoms with van der Waals surface area (Å²) in [6.07, 6.45) is 0. The van der Waals surface area contributed by atoms with Gasteiger partial charge in [0.1, 0.15) is 18.1 Å². The molecule has 0 saturated heterocycles. The predicted octanol–water partition coefficient (Wildman–Crippen LogP) is 4.82. The molecule has 0 N–H and O–H groups in total. The van der Waals surface area contributed by atoms with Crippen molar-refractivity contribution in [3.63, 3.8) is 0 Å². The molecule has 0 aliphatic carbocycles.